The molecule has 4 heteroatoms. The normalized spacial score (nSPS) is 16.7. The second-order valence-corrected chi connectivity index (χ2v) is 10.1. The molecule has 0 unspecified atom stereocenters. The molecule has 0 amide bonds. The van der Waals surface area contributed by atoms with E-state index in [2.05, 4.69) is 50.8 Å². The van der Waals surface area contributed by atoms with E-state index in [0.29, 0.717) is 11.3 Å². The molecule has 2 aromatic rings. The van der Waals surface area contributed by atoms with E-state index >= 15 is 0 Å². The maximum absolute atomic E-state index is 14.0. The predicted molar refractivity (Wildman–Crippen MR) is 153 cm³/mol. The Bertz CT molecular complexity index is 1040. The van der Waals surface area contributed by atoms with Crippen LogP contribution in [0.25, 0.3) is 5.57 Å². The van der Waals surface area contributed by atoms with Gasteiger partial charge in [-0.3, -0.25) is 0 Å². The van der Waals surface area contributed by atoms with Gasteiger partial charge in [-0.15, -0.1) is 0 Å². The highest BCUT2D eigenvalue weighted by Crippen LogP contribution is 2.62. The number of phenols is 1. The van der Waals surface area contributed by atoms with Crippen molar-refractivity contribution in [1.82, 2.24) is 0 Å². The first kappa shape index (κ1) is 29.6. The van der Waals surface area contributed by atoms with Crippen LogP contribution >= 0.6 is 0 Å². The number of hydrogen-bond acceptors (Lipinski definition) is 2. The second kappa shape index (κ2) is 13.6. The average molecular weight is 491 g/mol. The number of carbonyl (C=O) groups excluding carboxylic acids is 1. The van der Waals surface area contributed by atoms with Gasteiger partial charge in [0.15, 0.2) is 0 Å². The zero-order valence-electron chi connectivity index (χ0n) is 23.1. The maximum atomic E-state index is 14.0. The number of benzene rings is 2. The third kappa shape index (κ3) is 6.99. The van der Waals surface area contributed by atoms with Gasteiger partial charge in [-0.25, -0.2) is 4.39 Å². The molecule has 2 aliphatic rings. The fourth-order valence-electron chi connectivity index (χ4n) is 5.72. The Morgan fingerprint density at radius 3 is 2.42 bits per heavy atom. The van der Waals surface area contributed by atoms with Crippen molar-refractivity contribution in [3.8, 4) is 5.75 Å². The van der Waals surface area contributed by atoms with Crippen molar-refractivity contribution >= 4 is 18.0 Å². The summed E-state index contributed by atoms with van der Waals surface area (Å²) >= 11 is 0. The smallest absolute Gasteiger partial charge is 0.231 e. The summed E-state index contributed by atoms with van der Waals surface area (Å²) in [6.07, 6.45) is 10.7. The Labute approximate surface area is 218 Å². The molecule has 1 N–H and O–H groups in total. The highest BCUT2D eigenvalue weighted by atomic mass is 19.1. The van der Waals surface area contributed by atoms with E-state index in [4.69, 9.17) is 0 Å². The Kier molecular flexibility index (Phi) is 11.2. The number of aromatic hydroxyl groups is 1. The summed E-state index contributed by atoms with van der Waals surface area (Å²) in [5.74, 6) is 0.789. The first-order chi connectivity index (χ1) is 17.3. The number of halogens is 1. The van der Waals surface area contributed by atoms with E-state index in [9.17, 15) is 14.3 Å². The summed E-state index contributed by atoms with van der Waals surface area (Å²) in [7, 11) is 0. The lowest BCUT2D eigenvalue weighted by atomic mass is 9.20. The Hall–Kier alpha value is -2.62. The predicted octanol–water partition coefficient (Wildman–Crippen LogP) is 9.20. The molecule has 2 aromatic carbocycles. The number of phenolic OH excluding ortho intramolecular Hbond substituents is 1. The summed E-state index contributed by atoms with van der Waals surface area (Å²) in [6, 6.07) is 12.0. The van der Waals surface area contributed by atoms with Crippen LogP contribution < -0.4 is 0 Å². The third-order valence-corrected chi connectivity index (χ3v) is 7.74. The first-order valence-corrected chi connectivity index (χ1v) is 13.7. The van der Waals surface area contributed by atoms with Gasteiger partial charge in [-0.1, -0.05) is 90.3 Å². The molecule has 194 valence electrons. The van der Waals surface area contributed by atoms with Crippen molar-refractivity contribution in [2.75, 3.05) is 0 Å². The second-order valence-electron chi connectivity index (χ2n) is 10.1. The van der Waals surface area contributed by atoms with Crippen molar-refractivity contribution < 1.29 is 14.3 Å². The molecule has 0 radical (unpaired) electrons. The van der Waals surface area contributed by atoms with Crippen LogP contribution in [0.15, 0.2) is 61.2 Å². The van der Waals surface area contributed by atoms with E-state index in [1.165, 1.54) is 42.2 Å². The highest BCUT2D eigenvalue weighted by molar-refractivity contribution is 6.94. The molecular formula is C32H44BFO2. The summed E-state index contributed by atoms with van der Waals surface area (Å²) in [6.45, 7) is 16.6. The van der Waals surface area contributed by atoms with Crippen LogP contribution in [0.4, 0.5) is 4.39 Å². The molecule has 1 spiro atoms. The van der Waals surface area contributed by atoms with Crippen molar-refractivity contribution in [2.24, 2.45) is 17.3 Å². The van der Waals surface area contributed by atoms with Gasteiger partial charge in [-0.2, -0.15) is 0 Å². The van der Waals surface area contributed by atoms with Gasteiger partial charge < -0.3 is 9.90 Å². The summed E-state index contributed by atoms with van der Waals surface area (Å²) in [4.78, 5) is 12.6. The van der Waals surface area contributed by atoms with Gasteiger partial charge in [0.25, 0.3) is 0 Å². The molecule has 1 atom stereocenters. The van der Waals surface area contributed by atoms with Crippen LogP contribution in [-0.4, -0.2) is 17.5 Å². The van der Waals surface area contributed by atoms with E-state index < -0.39 is 5.82 Å². The first-order valence-electron chi connectivity index (χ1n) is 13.7. The SMILES string of the molecule is C=C(/C=C\CC[C@@H](C)C1CC2(CB(C(=O)c3cc(O)ccc3F)C2)C1)c1ccccc1C.CC.CC. The number of carbonyl (C=O) groups is 1. The Morgan fingerprint density at radius 1 is 1.14 bits per heavy atom. The molecule has 0 bridgehead atoms. The van der Waals surface area contributed by atoms with E-state index in [0.717, 1.165) is 37.0 Å². The molecular weight excluding hydrogens is 446 g/mol. The molecule has 1 aliphatic carbocycles. The molecule has 1 saturated carbocycles. The number of rotatable bonds is 8. The Morgan fingerprint density at radius 2 is 1.78 bits per heavy atom. The molecule has 36 heavy (non-hydrogen) atoms. The maximum Gasteiger partial charge on any atom is 0.231 e. The van der Waals surface area contributed by atoms with E-state index in [1.807, 2.05) is 33.8 Å². The van der Waals surface area contributed by atoms with Crippen LogP contribution in [0.5, 0.6) is 5.75 Å². The minimum absolute atomic E-state index is 0.0353. The molecule has 1 saturated heterocycles. The number of allylic oxidation sites excluding steroid dienone is 3. The standard InChI is InChI=1S/C28H32BFO2.2C2H6/c1-19(8-4-5-9-20(2)24-11-7-6-10-21(24)3)22-15-28(16-22)17-29(18-28)27(32)25-14-23(31)12-13-26(25)30;2*1-2/h5-7,9-14,19,22,31H,2,4,8,15-18H2,1,3H3;2*1-2H3/b9-5-;;/t19-;;/m1../s1. The Balaban J connectivity index is 0.00000109. The lowest BCUT2D eigenvalue weighted by Crippen LogP contribution is -2.55. The van der Waals surface area contributed by atoms with Crippen LogP contribution in [-0.2, 0) is 0 Å². The molecule has 2 nitrogen and oxygen atoms in total. The largest absolute Gasteiger partial charge is 0.508 e. The van der Waals surface area contributed by atoms with E-state index in [-0.39, 0.29) is 23.7 Å². The highest BCUT2D eigenvalue weighted by Gasteiger charge is 2.57. The average Bonchev–Trinajstić information content (AvgIpc) is 2.84. The minimum Gasteiger partial charge on any atom is -0.508 e. The third-order valence-electron chi connectivity index (χ3n) is 7.74. The molecule has 0 aromatic heterocycles. The number of hydrogen-bond donors (Lipinski definition) is 1. The van der Waals surface area contributed by atoms with Crippen LogP contribution in [0, 0.1) is 30.0 Å². The summed E-state index contributed by atoms with van der Waals surface area (Å²) < 4.78 is 14.0. The van der Waals surface area contributed by atoms with Crippen molar-refractivity contribution in [2.45, 2.75) is 79.9 Å². The van der Waals surface area contributed by atoms with Crippen molar-refractivity contribution in [3.05, 3.63) is 83.7 Å². The minimum atomic E-state index is -0.535. The van der Waals surface area contributed by atoms with E-state index in [1.54, 1.807) is 0 Å². The quantitative estimate of drug-likeness (QED) is 0.296. The monoisotopic (exact) mass is 490 g/mol. The van der Waals surface area contributed by atoms with Crippen LogP contribution in [0.2, 0.25) is 12.6 Å². The molecule has 1 heterocycles. The lowest BCUT2D eigenvalue weighted by molar-refractivity contribution is 0.0347. The topological polar surface area (TPSA) is 37.3 Å². The van der Waals surface area contributed by atoms with Crippen LogP contribution in [0.3, 0.4) is 0 Å². The van der Waals surface area contributed by atoms with Gasteiger partial charge in [0.05, 0.1) is 0 Å². The number of aryl methyl sites for hydroxylation is 1. The zero-order valence-corrected chi connectivity index (χ0v) is 23.1. The van der Waals surface area contributed by atoms with Crippen molar-refractivity contribution in [1.29, 1.82) is 0 Å². The van der Waals surface area contributed by atoms with Gasteiger partial charge in [0, 0.05) is 5.56 Å². The summed E-state index contributed by atoms with van der Waals surface area (Å²) in [5.41, 5.74) is 3.69. The van der Waals surface area contributed by atoms with Crippen LogP contribution in [0.1, 0.15) is 81.8 Å². The zero-order chi connectivity index (χ0) is 26.9. The van der Waals surface area contributed by atoms with Gasteiger partial charge in [0.1, 0.15) is 17.2 Å². The van der Waals surface area contributed by atoms with Crippen molar-refractivity contribution in [3.63, 3.8) is 0 Å². The lowest BCUT2D eigenvalue weighted by Gasteiger charge is -2.58. The molecule has 1 aliphatic heterocycles. The molecule has 4 rings (SSSR count). The molecule has 2 fully saturated rings. The van der Waals surface area contributed by atoms with Gasteiger partial charge >= 0.3 is 0 Å². The fraction of sp³-hybridized carbons (Fsp3) is 0.469. The fourth-order valence-corrected chi connectivity index (χ4v) is 5.72. The van der Waals surface area contributed by atoms with Gasteiger partial charge in [-0.05, 0) is 84.8 Å². The van der Waals surface area contributed by atoms with Gasteiger partial charge in [0.2, 0.25) is 6.71 Å². The summed E-state index contributed by atoms with van der Waals surface area (Å²) in [5, 5.41) is 9.58.